The van der Waals surface area contributed by atoms with Gasteiger partial charge in [0.1, 0.15) is 0 Å². The Morgan fingerprint density at radius 2 is 2.14 bits per heavy atom. The van der Waals surface area contributed by atoms with Gasteiger partial charge in [0, 0.05) is 8.95 Å². The summed E-state index contributed by atoms with van der Waals surface area (Å²) in [6, 6.07) is 5.59. The van der Waals surface area contributed by atoms with Crippen LogP contribution in [0.25, 0.3) is 0 Å². The van der Waals surface area contributed by atoms with E-state index in [4.69, 9.17) is 0 Å². The fourth-order valence-corrected chi connectivity index (χ4v) is 2.09. The standard InChI is InChI=1S/C9H10Br2N2O/c1-12-5-9(14)13-8-3-2-6(10)4-7(8)11/h2-4,12H,5H2,1H3,(H,13,14). The van der Waals surface area contributed by atoms with Gasteiger partial charge in [0.05, 0.1) is 12.2 Å². The third kappa shape index (κ3) is 3.40. The minimum atomic E-state index is -0.0597. The van der Waals surface area contributed by atoms with Gasteiger partial charge in [0.15, 0.2) is 0 Å². The molecule has 0 spiro atoms. The lowest BCUT2D eigenvalue weighted by molar-refractivity contribution is -0.115. The van der Waals surface area contributed by atoms with Crippen LogP contribution in [0.15, 0.2) is 27.1 Å². The summed E-state index contributed by atoms with van der Waals surface area (Å²) < 4.78 is 1.83. The summed E-state index contributed by atoms with van der Waals surface area (Å²) in [6.45, 7) is 0.308. The maximum atomic E-state index is 11.2. The number of hydrogen-bond donors (Lipinski definition) is 2. The van der Waals surface area contributed by atoms with E-state index >= 15 is 0 Å². The van der Waals surface area contributed by atoms with E-state index in [0.717, 1.165) is 14.6 Å². The lowest BCUT2D eigenvalue weighted by Gasteiger charge is -2.06. The molecule has 1 amide bonds. The second-order valence-electron chi connectivity index (χ2n) is 2.70. The van der Waals surface area contributed by atoms with Gasteiger partial charge in [-0.05, 0) is 41.2 Å². The van der Waals surface area contributed by atoms with Crippen molar-refractivity contribution >= 4 is 43.5 Å². The van der Waals surface area contributed by atoms with E-state index in [1.165, 1.54) is 0 Å². The van der Waals surface area contributed by atoms with Crippen LogP contribution in [0.5, 0.6) is 0 Å². The molecule has 0 fully saturated rings. The third-order valence-electron chi connectivity index (χ3n) is 1.54. The van der Waals surface area contributed by atoms with E-state index in [-0.39, 0.29) is 5.91 Å². The summed E-state index contributed by atoms with van der Waals surface area (Å²) in [5.74, 6) is -0.0597. The van der Waals surface area contributed by atoms with Gasteiger partial charge in [-0.2, -0.15) is 0 Å². The van der Waals surface area contributed by atoms with E-state index in [2.05, 4.69) is 42.5 Å². The van der Waals surface area contributed by atoms with E-state index in [1.54, 1.807) is 7.05 Å². The molecule has 14 heavy (non-hydrogen) atoms. The monoisotopic (exact) mass is 320 g/mol. The highest BCUT2D eigenvalue weighted by Gasteiger charge is 2.04. The number of carbonyl (C=O) groups excluding carboxylic acids is 1. The molecule has 1 rings (SSSR count). The van der Waals surface area contributed by atoms with Gasteiger partial charge in [-0.1, -0.05) is 15.9 Å². The van der Waals surface area contributed by atoms with E-state index in [1.807, 2.05) is 18.2 Å². The molecule has 5 heteroatoms. The minimum absolute atomic E-state index is 0.0597. The lowest BCUT2D eigenvalue weighted by Crippen LogP contribution is -2.25. The van der Waals surface area contributed by atoms with Crippen LogP contribution >= 0.6 is 31.9 Å². The molecular formula is C9H10Br2N2O. The molecule has 0 bridgehead atoms. The molecule has 0 saturated carbocycles. The maximum absolute atomic E-state index is 11.2. The SMILES string of the molecule is CNCC(=O)Nc1ccc(Br)cc1Br. The van der Waals surface area contributed by atoms with Gasteiger partial charge in [0.25, 0.3) is 0 Å². The number of halogens is 2. The molecule has 1 aromatic rings. The molecule has 0 aliphatic rings. The summed E-state index contributed by atoms with van der Waals surface area (Å²) in [4.78, 5) is 11.2. The van der Waals surface area contributed by atoms with Crippen molar-refractivity contribution in [3.05, 3.63) is 27.1 Å². The Labute approximate surface area is 99.5 Å². The Kier molecular flexibility index (Phi) is 4.57. The average molecular weight is 322 g/mol. The first kappa shape index (κ1) is 11.7. The van der Waals surface area contributed by atoms with Crippen molar-refractivity contribution in [2.24, 2.45) is 0 Å². The Hall–Kier alpha value is -0.390. The first-order valence-corrected chi connectivity index (χ1v) is 5.61. The minimum Gasteiger partial charge on any atom is -0.324 e. The number of hydrogen-bond acceptors (Lipinski definition) is 2. The quantitative estimate of drug-likeness (QED) is 0.897. The summed E-state index contributed by atoms with van der Waals surface area (Å²) in [6.07, 6.45) is 0. The molecule has 0 aliphatic heterocycles. The second kappa shape index (κ2) is 5.48. The number of rotatable bonds is 3. The molecule has 0 atom stereocenters. The van der Waals surface area contributed by atoms with Crippen LogP contribution in [0.3, 0.4) is 0 Å². The largest absolute Gasteiger partial charge is 0.324 e. The zero-order valence-corrected chi connectivity index (χ0v) is 10.8. The first-order valence-electron chi connectivity index (χ1n) is 4.03. The summed E-state index contributed by atoms with van der Waals surface area (Å²) in [5.41, 5.74) is 0.772. The van der Waals surface area contributed by atoms with Crippen molar-refractivity contribution in [3.8, 4) is 0 Å². The molecule has 2 N–H and O–H groups in total. The fourth-order valence-electron chi connectivity index (χ4n) is 0.946. The highest BCUT2D eigenvalue weighted by atomic mass is 79.9. The van der Waals surface area contributed by atoms with Crippen molar-refractivity contribution in [3.63, 3.8) is 0 Å². The van der Waals surface area contributed by atoms with Gasteiger partial charge >= 0.3 is 0 Å². The van der Waals surface area contributed by atoms with Crippen LogP contribution in [0, 0.1) is 0 Å². The zero-order valence-electron chi connectivity index (χ0n) is 7.60. The van der Waals surface area contributed by atoms with E-state index in [0.29, 0.717) is 6.54 Å². The van der Waals surface area contributed by atoms with E-state index < -0.39 is 0 Å². The van der Waals surface area contributed by atoms with Gasteiger partial charge in [-0.25, -0.2) is 0 Å². The van der Waals surface area contributed by atoms with Gasteiger partial charge < -0.3 is 10.6 Å². The van der Waals surface area contributed by atoms with Crippen LogP contribution in [0.2, 0.25) is 0 Å². The van der Waals surface area contributed by atoms with Gasteiger partial charge in [-0.3, -0.25) is 4.79 Å². The first-order chi connectivity index (χ1) is 6.63. The molecule has 0 radical (unpaired) electrons. The molecular weight excluding hydrogens is 312 g/mol. The Balaban J connectivity index is 2.72. The average Bonchev–Trinajstić information content (AvgIpc) is 2.10. The van der Waals surface area contributed by atoms with Crippen LogP contribution in [0.1, 0.15) is 0 Å². The molecule has 0 saturated heterocycles. The van der Waals surface area contributed by atoms with Crippen LogP contribution in [-0.4, -0.2) is 19.5 Å². The van der Waals surface area contributed by atoms with Crippen molar-refractivity contribution < 1.29 is 4.79 Å². The van der Waals surface area contributed by atoms with Crippen molar-refractivity contribution in [2.45, 2.75) is 0 Å². The van der Waals surface area contributed by atoms with E-state index in [9.17, 15) is 4.79 Å². The number of carbonyl (C=O) groups is 1. The normalized spacial score (nSPS) is 9.93. The number of nitrogens with one attached hydrogen (secondary N) is 2. The molecule has 0 heterocycles. The molecule has 76 valence electrons. The highest BCUT2D eigenvalue weighted by molar-refractivity contribution is 9.11. The molecule has 1 aromatic carbocycles. The highest BCUT2D eigenvalue weighted by Crippen LogP contribution is 2.25. The van der Waals surface area contributed by atoms with Gasteiger partial charge in [0.2, 0.25) is 5.91 Å². The third-order valence-corrected chi connectivity index (χ3v) is 2.69. The summed E-state index contributed by atoms with van der Waals surface area (Å²) in [5, 5.41) is 5.55. The van der Waals surface area contributed by atoms with Crippen molar-refractivity contribution in [1.82, 2.24) is 5.32 Å². The molecule has 3 nitrogen and oxygen atoms in total. The Morgan fingerprint density at radius 3 is 2.71 bits per heavy atom. The van der Waals surface area contributed by atoms with Crippen molar-refractivity contribution in [2.75, 3.05) is 18.9 Å². The molecule has 0 unspecified atom stereocenters. The smallest absolute Gasteiger partial charge is 0.238 e. The summed E-state index contributed by atoms with van der Waals surface area (Å²) in [7, 11) is 1.73. The molecule has 0 aliphatic carbocycles. The molecule has 0 aromatic heterocycles. The predicted octanol–water partition coefficient (Wildman–Crippen LogP) is 2.37. The fraction of sp³-hybridized carbons (Fsp3) is 0.222. The number of amides is 1. The van der Waals surface area contributed by atoms with Crippen LogP contribution in [0.4, 0.5) is 5.69 Å². The maximum Gasteiger partial charge on any atom is 0.238 e. The Morgan fingerprint density at radius 1 is 1.43 bits per heavy atom. The van der Waals surface area contributed by atoms with Crippen molar-refractivity contribution in [1.29, 1.82) is 0 Å². The summed E-state index contributed by atoms with van der Waals surface area (Å²) >= 11 is 6.70. The topological polar surface area (TPSA) is 41.1 Å². The van der Waals surface area contributed by atoms with Crippen LogP contribution in [-0.2, 0) is 4.79 Å². The second-order valence-corrected chi connectivity index (χ2v) is 4.47. The lowest BCUT2D eigenvalue weighted by atomic mass is 10.3. The zero-order chi connectivity index (χ0) is 10.6. The number of benzene rings is 1. The Bertz CT molecular complexity index is 342. The predicted molar refractivity (Wildman–Crippen MR) is 64.4 cm³/mol. The number of anilines is 1. The van der Waals surface area contributed by atoms with Gasteiger partial charge in [-0.15, -0.1) is 0 Å². The van der Waals surface area contributed by atoms with Crippen LogP contribution < -0.4 is 10.6 Å². The number of likely N-dealkylation sites (N-methyl/N-ethyl adjacent to an activating group) is 1.